The summed E-state index contributed by atoms with van der Waals surface area (Å²) in [6.07, 6.45) is 7.79. The van der Waals surface area contributed by atoms with E-state index in [4.69, 9.17) is 11.6 Å². The van der Waals surface area contributed by atoms with Crippen LogP contribution in [0.1, 0.15) is 32.1 Å². The molecule has 0 saturated heterocycles. The van der Waals surface area contributed by atoms with Gasteiger partial charge in [-0.1, -0.05) is 43.0 Å². The van der Waals surface area contributed by atoms with Crippen LogP contribution in [-0.4, -0.2) is 19.4 Å². The van der Waals surface area contributed by atoms with Gasteiger partial charge in [0.25, 0.3) is 10.0 Å². The van der Waals surface area contributed by atoms with E-state index in [-0.39, 0.29) is 15.7 Å². The molecule has 0 atom stereocenters. The lowest BCUT2D eigenvalue weighted by atomic mass is 9.95. The first-order chi connectivity index (χ1) is 11.5. The predicted octanol–water partition coefficient (Wildman–Crippen LogP) is 4.28. The fourth-order valence-corrected chi connectivity index (χ4v) is 4.41. The van der Waals surface area contributed by atoms with Crippen molar-refractivity contribution in [3.63, 3.8) is 0 Å². The standard InChI is InChI=1S/C17H20ClN3O2S/c18-15-8-4-5-9-16(15)24(22,23)21-17-11-10-14(12-19-17)20-13-6-2-1-3-7-13/h4-5,8-13,20H,1-3,6-7H2,(H,19,21). The molecule has 0 aliphatic heterocycles. The average molecular weight is 366 g/mol. The normalized spacial score (nSPS) is 15.9. The highest BCUT2D eigenvalue weighted by Gasteiger charge is 2.18. The van der Waals surface area contributed by atoms with E-state index in [2.05, 4.69) is 15.0 Å². The highest BCUT2D eigenvalue weighted by Crippen LogP contribution is 2.24. The minimum atomic E-state index is -3.75. The summed E-state index contributed by atoms with van der Waals surface area (Å²) in [7, 11) is -3.75. The van der Waals surface area contributed by atoms with Gasteiger partial charge in [-0.25, -0.2) is 13.4 Å². The molecule has 1 aliphatic rings. The molecule has 1 saturated carbocycles. The first kappa shape index (κ1) is 17.0. The van der Waals surface area contributed by atoms with E-state index in [1.165, 1.54) is 38.2 Å². The number of halogens is 1. The van der Waals surface area contributed by atoms with E-state index in [1.807, 2.05) is 6.07 Å². The van der Waals surface area contributed by atoms with E-state index in [9.17, 15) is 8.42 Å². The molecule has 0 amide bonds. The molecule has 1 heterocycles. The van der Waals surface area contributed by atoms with Crippen LogP contribution in [-0.2, 0) is 10.0 Å². The summed E-state index contributed by atoms with van der Waals surface area (Å²) < 4.78 is 27.2. The van der Waals surface area contributed by atoms with Crippen LogP contribution in [0.25, 0.3) is 0 Å². The molecule has 1 aromatic heterocycles. The number of hydrogen-bond donors (Lipinski definition) is 2. The molecule has 1 fully saturated rings. The van der Waals surface area contributed by atoms with Gasteiger partial charge in [0, 0.05) is 6.04 Å². The van der Waals surface area contributed by atoms with E-state index >= 15 is 0 Å². The van der Waals surface area contributed by atoms with Gasteiger partial charge in [-0.2, -0.15) is 0 Å². The molecule has 1 aliphatic carbocycles. The van der Waals surface area contributed by atoms with E-state index in [1.54, 1.807) is 30.5 Å². The largest absolute Gasteiger partial charge is 0.381 e. The van der Waals surface area contributed by atoms with Gasteiger partial charge in [-0.05, 0) is 37.1 Å². The quantitative estimate of drug-likeness (QED) is 0.829. The number of nitrogens with zero attached hydrogens (tertiary/aromatic N) is 1. The highest BCUT2D eigenvalue weighted by molar-refractivity contribution is 7.92. The molecule has 0 spiro atoms. The monoisotopic (exact) mass is 365 g/mol. The van der Waals surface area contributed by atoms with Gasteiger partial charge in [-0.3, -0.25) is 4.72 Å². The maximum absolute atomic E-state index is 12.4. The zero-order valence-corrected chi connectivity index (χ0v) is 14.8. The van der Waals surface area contributed by atoms with Crippen molar-refractivity contribution in [2.24, 2.45) is 0 Å². The summed E-state index contributed by atoms with van der Waals surface area (Å²) in [5, 5.41) is 3.63. The number of nitrogens with one attached hydrogen (secondary N) is 2. The van der Waals surface area contributed by atoms with Crippen LogP contribution in [0, 0.1) is 0 Å². The number of rotatable bonds is 5. The van der Waals surface area contributed by atoms with Gasteiger partial charge in [0.15, 0.2) is 0 Å². The maximum Gasteiger partial charge on any atom is 0.264 e. The molecule has 1 aromatic carbocycles. The smallest absolute Gasteiger partial charge is 0.264 e. The number of hydrogen-bond acceptors (Lipinski definition) is 4. The lowest BCUT2D eigenvalue weighted by molar-refractivity contribution is 0.462. The second kappa shape index (κ2) is 7.40. The van der Waals surface area contributed by atoms with Crippen LogP contribution in [0.5, 0.6) is 0 Å². The fraction of sp³-hybridized carbons (Fsp3) is 0.353. The number of anilines is 2. The molecule has 5 nitrogen and oxygen atoms in total. The summed E-state index contributed by atoms with van der Waals surface area (Å²) in [6.45, 7) is 0. The Morgan fingerprint density at radius 3 is 2.46 bits per heavy atom. The van der Waals surface area contributed by atoms with Gasteiger partial charge in [0.05, 0.1) is 16.9 Å². The molecule has 7 heteroatoms. The van der Waals surface area contributed by atoms with Crippen molar-refractivity contribution < 1.29 is 8.42 Å². The van der Waals surface area contributed by atoms with E-state index < -0.39 is 10.0 Å². The third-order valence-electron chi connectivity index (χ3n) is 4.10. The van der Waals surface area contributed by atoms with Gasteiger partial charge in [0.1, 0.15) is 10.7 Å². The summed E-state index contributed by atoms with van der Waals surface area (Å²) >= 11 is 5.96. The van der Waals surface area contributed by atoms with Crippen LogP contribution in [0.3, 0.4) is 0 Å². The summed E-state index contributed by atoms with van der Waals surface area (Å²) in [4.78, 5) is 4.23. The Labute approximate surface area is 147 Å². The van der Waals surface area contributed by atoms with Crippen molar-refractivity contribution in [3.8, 4) is 0 Å². The second-order valence-electron chi connectivity index (χ2n) is 5.95. The zero-order valence-electron chi connectivity index (χ0n) is 13.2. The molecule has 0 radical (unpaired) electrons. The molecule has 3 rings (SSSR count). The Balaban J connectivity index is 1.68. The molecule has 0 bridgehead atoms. The maximum atomic E-state index is 12.4. The number of aromatic nitrogens is 1. The molecule has 2 N–H and O–H groups in total. The highest BCUT2D eigenvalue weighted by atomic mass is 35.5. The average Bonchev–Trinajstić information content (AvgIpc) is 2.58. The third-order valence-corrected chi connectivity index (χ3v) is 5.96. The van der Waals surface area contributed by atoms with Crippen molar-refractivity contribution in [2.45, 2.75) is 43.0 Å². The van der Waals surface area contributed by atoms with Crippen molar-refractivity contribution in [1.29, 1.82) is 0 Å². The second-order valence-corrected chi connectivity index (χ2v) is 8.01. The van der Waals surface area contributed by atoms with Crippen LogP contribution >= 0.6 is 11.6 Å². The summed E-state index contributed by atoms with van der Waals surface area (Å²) in [5.41, 5.74) is 0.905. The van der Waals surface area contributed by atoms with Crippen LogP contribution in [0.2, 0.25) is 5.02 Å². The van der Waals surface area contributed by atoms with Crippen molar-refractivity contribution in [1.82, 2.24) is 4.98 Å². The van der Waals surface area contributed by atoms with Crippen molar-refractivity contribution in [3.05, 3.63) is 47.6 Å². The van der Waals surface area contributed by atoms with Crippen LogP contribution < -0.4 is 10.0 Å². The topological polar surface area (TPSA) is 71.1 Å². The fourth-order valence-electron chi connectivity index (χ4n) is 2.88. The zero-order chi connectivity index (χ0) is 17.0. The van der Waals surface area contributed by atoms with Gasteiger partial charge >= 0.3 is 0 Å². The van der Waals surface area contributed by atoms with Gasteiger partial charge < -0.3 is 5.32 Å². The molecule has 128 valence electrons. The lowest BCUT2D eigenvalue weighted by Crippen LogP contribution is -2.22. The van der Waals surface area contributed by atoms with E-state index in [0.717, 1.165) is 5.69 Å². The first-order valence-electron chi connectivity index (χ1n) is 8.04. The molecular weight excluding hydrogens is 346 g/mol. The Hall–Kier alpha value is -1.79. The Morgan fingerprint density at radius 2 is 1.79 bits per heavy atom. The number of benzene rings is 1. The lowest BCUT2D eigenvalue weighted by Gasteiger charge is -2.23. The summed E-state index contributed by atoms with van der Waals surface area (Å²) in [5.74, 6) is 0.268. The minimum Gasteiger partial charge on any atom is -0.381 e. The van der Waals surface area contributed by atoms with Crippen molar-refractivity contribution in [2.75, 3.05) is 10.0 Å². The number of pyridine rings is 1. The molecule has 2 aromatic rings. The SMILES string of the molecule is O=S(=O)(Nc1ccc(NC2CCCCC2)cn1)c1ccccc1Cl. The Kier molecular flexibility index (Phi) is 5.26. The Morgan fingerprint density at radius 1 is 1.04 bits per heavy atom. The van der Waals surface area contributed by atoms with Crippen LogP contribution in [0.15, 0.2) is 47.5 Å². The van der Waals surface area contributed by atoms with Gasteiger partial charge in [0.2, 0.25) is 0 Å². The predicted molar refractivity (Wildman–Crippen MR) is 97.0 cm³/mol. The first-order valence-corrected chi connectivity index (χ1v) is 9.91. The molecular formula is C17H20ClN3O2S. The van der Waals surface area contributed by atoms with Crippen molar-refractivity contribution >= 4 is 33.1 Å². The third kappa shape index (κ3) is 4.19. The summed E-state index contributed by atoms with van der Waals surface area (Å²) in [6, 6.07) is 10.3. The van der Waals surface area contributed by atoms with Gasteiger partial charge in [-0.15, -0.1) is 0 Å². The minimum absolute atomic E-state index is 0.0397. The van der Waals surface area contributed by atoms with Crippen LogP contribution in [0.4, 0.5) is 11.5 Å². The molecule has 24 heavy (non-hydrogen) atoms. The Bertz CT molecular complexity index is 788. The molecule has 0 unspecified atom stereocenters. The van der Waals surface area contributed by atoms with E-state index in [0.29, 0.717) is 6.04 Å². The number of sulfonamides is 1.